The Morgan fingerprint density at radius 2 is 2.22 bits per heavy atom. The molecule has 2 nitrogen and oxygen atoms in total. The van der Waals surface area contributed by atoms with Gasteiger partial charge in [-0.25, -0.2) is 4.98 Å². The van der Waals surface area contributed by atoms with Gasteiger partial charge in [-0.1, -0.05) is 26.3 Å². The lowest BCUT2D eigenvalue weighted by atomic mass is 9.96. The summed E-state index contributed by atoms with van der Waals surface area (Å²) in [5, 5.41) is 1.15. The molecule has 0 radical (unpaired) electrons. The average molecular weight is 264 g/mol. The third-order valence-corrected chi connectivity index (χ3v) is 4.39. The van der Waals surface area contributed by atoms with Crippen LogP contribution in [0.3, 0.4) is 0 Å². The summed E-state index contributed by atoms with van der Waals surface area (Å²) in [4.78, 5) is 7.21. The normalized spacial score (nSPS) is 21.1. The molecule has 18 heavy (non-hydrogen) atoms. The molecule has 0 spiro atoms. The van der Waals surface area contributed by atoms with Gasteiger partial charge in [0.05, 0.1) is 5.03 Å². The molecule has 0 amide bonds. The first-order valence-corrected chi connectivity index (χ1v) is 8.16. The van der Waals surface area contributed by atoms with Crippen LogP contribution in [0.1, 0.15) is 51.1 Å². The Hall–Kier alpha value is -0.540. The van der Waals surface area contributed by atoms with E-state index in [0.717, 1.165) is 10.8 Å². The van der Waals surface area contributed by atoms with E-state index in [2.05, 4.69) is 42.1 Å². The number of aromatic nitrogens is 1. The maximum absolute atomic E-state index is 4.57. The summed E-state index contributed by atoms with van der Waals surface area (Å²) in [7, 11) is 0. The fraction of sp³-hybridized carbons (Fsp3) is 0.667. The van der Waals surface area contributed by atoms with Crippen molar-refractivity contribution in [2.75, 3.05) is 18.8 Å². The Bertz CT molecular complexity index is 348. The van der Waals surface area contributed by atoms with E-state index in [1.165, 1.54) is 44.3 Å². The average Bonchev–Trinajstić information content (AvgIpc) is 2.41. The number of hydrogen-bond acceptors (Lipinski definition) is 3. The second-order valence-electron chi connectivity index (χ2n) is 4.91. The van der Waals surface area contributed by atoms with Crippen molar-refractivity contribution in [3.05, 3.63) is 23.9 Å². The first-order valence-electron chi connectivity index (χ1n) is 7.18. The summed E-state index contributed by atoms with van der Waals surface area (Å²) >= 11 is 1.82. The van der Waals surface area contributed by atoms with Gasteiger partial charge in [0.2, 0.25) is 0 Å². The van der Waals surface area contributed by atoms with E-state index < -0.39 is 0 Å². The molecule has 1 unspecified atom stereocenters. The third kappa shape index (κ3) is 3.48. The molecule has 3 heteroatoms. The lowest BCUT2D eigenvalue weighted by Gasteiger charge is -2.35. The van der Waals surface area contributed by atoms with Crippen molar-refractivity contribution < 1.29 is 0 Å². The van der Waals surface area contributed by atoms with Crippen LogP contribution in [0.4, 0.5) is 0 Å². The van der Waals surface area contributed by atoms with E-state index in [1.54, 1.807) is 0 Å². The van der Waals surface area contributed by atoms with E-state index >= 15 is 0 Å². The molecule has 1 aromatic heterocycles. The minimum Gasteiger partial charge on any atom is -0.296 e. The van der Waals surface area contributed by atoms with Crippen LogP contribution >= 0.6 is 11.8 Å². The summed E-state index contributed by atoms with van der Waals surface area (Å²) in [6, 6.07) is 5.07. The van der Waals surface area contributed by atoms with Crippen LogP contribution in [0.5, 0.6) is 0 Å². The Labute approximate surface area is 115 Å². The predicted octanol–water partition coefficient (Wildman–Crippen LogP) is 4.13. The van der Waals surface area contributed by atoms with Crippen molar-refractivity contribution >= 4 is 11.8 Å². The zero-order valence-corrected chi connectivity index (χ0v) is 12.4. The Balaban J connectivity index is 2.07. The lowest BCUT2D eigenvalue weighted by molar-refractivity contribution is 0.148. The van der Waals surface area contributed by atoms with Gasteiger partial charge in [0.25, 0.3) is 0 Å². The van der Waals surface area contributed by atoms with Gasteiger partial charge in [-0.2, -0.15) is 0 Å². The molecule has 1 aromatic rings. The van der Waals surface area contributed by atoms with Crippen LogP contribution in [0.2, 0.25) is 0 Å². The predicted molar refractivity (Wildman–Crippen MR) is 79.1 cm³/mol. The van der Waals surface area contributed by atoms with Gasteiger partial charge in [0.1, 0.15) is 0 Å². The molecule has 0 aromatic carbocycles. The maximum atomic E-state index is 4.57. The molecule has 0 N–H and O–H groups in total. The highest BCUT2D eigenvalue weighted by molar-refractivity contribution is 7.99. The van der Waals surface area contributed by atoms with Gasteiger partial charge in [-0.3, -0.25) is 4.90 Å². The van der Waals surface area contributed by atoms with Gasteiger partial charge in [-0.15, -0.1) is 11.8 Å². The lowest BCUT2D eigenvalue weighted by Crippen LogP contribution is -2.34. The molecule has 1 atom stereocenters. The van der Waals surface area contributed by atoms with E-state index in [-0.39, 0.29) is 0 Å². The molecule has 0 aliphatic carbocycles. The largest absolute Gasteiger partial charge is 0.296 e. The Morgan fingerprint density at radius 1 is 1.33 bits per heavy atom. The van der Waals surface area contributed by atoms with E-state index in [4.69, 9.17) is 0 Å². The number of pyridine rings is 1. The van der Waals surface area contributed by atoms with Crippen molar-refractivity contribution in [1.82, 2.24) is 9.88 Å². The zero-order valence-electron chi connectivity index (χ0n) is 11.6. The number of rotatable bonds is 5. The second-order valence-corrected chi connectivity index (χ2v) is 6.19. The van der Waals surface area contributed by atoms with Crippen molar-refractivity contribution in [2.45, 2.75) is 50.6 Å². The standard InChI is InChI=1S/C15H24N2S/c1-3-10-17-11-6-5-7-14(17)13-8-9-15(16-12-13)18-4-2/h8-9,12,14H,3-7,10-11H2,1-2H3. The molecule has 0 saturated carbocycles. The molecule has 1 aliphatic heterocycles. The molecular formula is C15H24N2S. The highest BCUT2D eigenvalue weighted by Gasteiger charge is 2.23. The van der Waals surface area contributed by atoms with Crippen LogP contribution in [-0.4, -0.2) is 28.7 Å². The number of piperidine rings is 1. The summed E-state index contributed by atoms with van der Waals surface area (Å²) in [5.74, 6) is 1.09. The number of nitrogens with zero attached hydrogens (tertiary/aromatic N) is 2. The summed E-state index contributed by atoms with van der Waals surface area (Å²) in [6.45, 7) is 6.91. The summed E-state index contributed by atoms with van der Waals surface area (Å²) in [6.07, 6.45) is 7.34. The van der Waals surface area contributed by atoms with Crippen molar-refractivity contribution in [3.63, 3.8) is 0 Å². The molecule has 1 aliphatic rings. The molecular weight excluding hydrogens is 240 g/mol. The first-order chi connectivity index (χ1) is 8.85. The maximum Gasteiger partial charge on any atom is 0.0959 e. The molecule has 2 heterocycles. The van der Waals surface area contributed by atoms with Crippen molar-refractivity contribution in [1.29, 1.82) is 0 Å². The summed E-state index contributed by atoms with van der Waals surface area (Å²) < 4.78 is 0. The molecule has 1 saturated heterocycles. The van der Waals surface area contributed by atoms with Gasteiger partial charge < -0.3 is 0 Å². The van der Waals surface area contributed by atoms with Crippen molar-refractivity contribution in [3.8, 4) is 0 Å². The molecule has 100 valence electrons. The van der Waals surface area contributed by atoms with Crippen LogP contribution in [0, 0.1) is 0 Å². The SMILES string of the molecule is CCCN1CCCCC1c1ccc(SCC)nc1. The highest BCUT2D eigenvalue weighted by atomic mass is 32.2. The number of hydrogen-bond donors (Lipinski definition) is 0. The highest BCUT2D eigenvalue weighted by Crippen LogP contribution is 2.31. The van der Waals surface area contributed by atoms with Crippen LogP contribution in [0.25, 0.3) is 0 Å². The topological polar surface area (TPSA) is 16.1 Å². The van der Waals surface area contributed by atoms with E-state index in [1.807, 2.05) is 11.8 Å². The van der Waals surface area contributed by atoms with Crippen molar-refractivity contribution in [2.24, 2.45) is 0 Å². The summed E-state index contributed by atoms with van der Waals surface area (Å²) in [5.41, 5.74) is 1.41. The second kappa shape index (κ2) is 7.15. The minimum atomic E-state index is 0.604. The van der Waals surface area contributed by atoms with Gasteiger partial charge >= 0.3 is 0 Å². The van der Waals surface area contributed by atoms with Crippen LogP contribution in [-0.2, 0) is 0 Å². The molecule has 2 rings (SSSR count). The Kier molecular flexibility index (Phi) is 5.51. The number of likely N-dealkylation sites (tertiary alicyclic amines) is 1. The smallest absolute Gasteiger partial charge is 0.0959 e. The van der Waals surface area contributed by atoms with E-state index in [0.29, 0.717) is 6.04 Å². The fourth-order valence-electron chi connectivity index (χ4n) is 2.75. The van der Waals surface area contributed by atoms with Crippen LogP contribution in [0.15, 0.2) is 23.4 Å². The van der Waals surface area contributed by atoms with Gasteiger partial charge in [-0.05, 0) is 49.7 Å². The molecule has 0 bridgehead atoms. The van der Waals surface area contributed by atoms with E-state index in [9.17, 15) is 0 Å². The van der Waals surface area contributed by atoms with Crippen LogP contribution < -0.4 is 0 Å². The quantitative estimate of drug-likeness (QED) is 0.744. The fourth-order valence-corrected chi connectivity index (χ4v) is 3.33. The monoisotopic (exact) mass is 264 g/mol. The number of thioether (sulfide) groups is 1. The Morgan fingerprint density at radius 3 is 2.89 bits per heavy atom. The minimum absolute atomic E-state index is 0.604. The molecule has 1 fully saturated rings. The van der Waals surface area contributed by atoms with Gasteiger partial charge in [0.15, 0.2) is 0 Å². The first kappa shape index (κ1) is 13.9. The third-order valence-electron chi connectivity index (χ3n) is 3.56. The van der Waals surface area contributed by atoms with Gasteiger partial charge in [0, 0.05) is 12.2 Å². The zero-order chi connectivity index (χ0) is 12.8.